The summed E-state index contributed by atoms with van der Waals surface area (Å²) in [6, 6.07) is 18.7. The zero-order chi connectivity index (χ0) is 18.4. The molecule has 4 nitrogen and oxygen atoms in total. The summed E-state index contributed by atoms with van der Waals surface area (Å²) in [6.07, 6.45) is 0. The van der Waals surface area contributed by atoms with Crippen molar-refractivity contribution in [3.05, 3.63) is 65.5 Å². The molecule has 27 heavy (non-hydrogen) atoms. The van der Waals surface area contributed by atoms with Gasteiger partial charge >= 0.3 is 0 Å². The molecule has 0 spiro atoms. The van der Waals surface area contributed by atoms with E-state index in [1.807, 2.05) is 6.07 Å². The second kappa shape index (κ2) is 6.40. The van der Waals surface area contributed by atoms with Crippen molar-refractivity contribution in [3.8, 4) is 16.3 Å². The van der Waals surface area contributed by atoms with E-state index in [0.29, 0.717) is 0 Å². The molecule has 3 heterocycles. The minimum absolute atomic E-state index is 0.860. The Morgan fingerprint density at radius 3 is 2.74 bits per heavy atom. The van der Waals surface area contributed by atoms with E-state index in [9.17, 15) is 0 Å². The number of imidazole rings is 1. The number of rotatable bonds is 4. The first-order valence-electron chi connectivity index (χ1n) is 8.60. The van der Waals surface area contributed by atoms with Crippen LogP contribution in [0, 0.1) is 6.92 Å². The van der Waals surface area contributed by atoms with Crippen molar-refractivity contribution in [1.82, 2.24) is 9.38 Å². The average molecular weight is 392 g/mol. The van der Waals surface area contributed by atoms with E-state index in [1.165, 1.54) is 5.56 Å². The molecular weight excluding hydrogens is 374 g/mol. The first-order chi connectivity index (χ1) is 13.2. The molecule has 0 saturated carbocycles. The lowest BCUT2D eigenvalue weighted by molar-refractivity contribution is 0.415. The number of thiophene rings is 1. The lowest BCUT2D eigenvalue weighted by Crippen LogP contribution is -1.98. The smallest absolute Gasteiger partial charge is 0.197 e. The highest BCUT2D eigenvalue weighted by molar-refractivity contribution is 7.23. The van der Waals surface area contributed by atoms with Crippen molar-refractivity contribution in [3.63, 3.8) is 0 Å². The van der Waals surface area contributed by atoms with Crippen LogP contribution in [-0.4, -0.2) is 16.5 Å². The van der Waals surface area contributed by atoms with Crippen LogP contribution in [-0.2, 0) is 0 Å². The van der Waals surface area contributed by atoms with Crippen molar-refractivity contribution in [2.45, 2.75) is 6.92 Å². The lowest BCUT2D eigenvalue weighted by Gasteiger charge is -2.10. The van der Waals surface area contributed by atoms with Gasteiger partial charge < -0.3 is 10.1 Å². The number of para-hydroxylation sites is 1. The van der Waals surface area contributed by atoms with Crippen molar-refractivity contribution >= 4 is 49.4 Å². The predicted molar refractivity (Wildman–Crippen MR) is 115 cm³/mol. The monoisotopic (exact) mass is 391 g/mol. The van der Waals surface area contributed by atoms with E-state index in [1.54, 1.807) is 29.8 Å². The number of hydrogen-bond acceptors (Lipinski definition) is 5. The summed E-state index contributed by atoms with van der Waals surface area (Å²) < 4.78 is 8.75. The second-order valence-corrected chi connectivity index (χ2v) is 8.24. The van der Waals surface area contributed by atoms with Crippen molar-refractivity contribution in [2.24, 2.45) is 0 Å². The van der Waals surface area contributed by atoms with Gasteiger partial charge in [-0.15, -0.1) is 11.3 Å². The van der Waals surface area contributed by atoms with Crippen molar-refractivity contribution < 1.29 is 4.74 Å². The number of anilines is 2. The van der Waals surface area contributed by atoms with Gasteiger partial charge in [0.25, 0.3) is 0 Å². The number of ether oxygens (including phenoxy) is 1. The van der Waals surface area contributed by atoms with Gasteiger partial charge in [-0.2, -0.15) is 0 Å². The zero-order valence-electron chi connectivity index (χ0n) is 14.9. The highest BCUT2D eigenvalue weighted by Gasteiger charge is 2.20. The number of hydrogen-bond donors (Lipinski definition) is 1. The third-order valence-corrected chi connectivity index (χ3v) is 6.49. The van der Waals surface area contributed by atoms with Crippen molar-refractivity contribution in [1.29, 1.82) is 0 Å². The fraction of sp³-hybridized carbons (Fsp3) is 0.0952. The molecule has 6 heteroatoms. The molecular formula is C21H17N3OS2. The molecule has 3 aromatic heterocycles. The molecule has 0 atom stereocenters. The number of aryl methyl sites for hydroxylation is 1. The number of benzene rings is 2. The maximum Gasteiger partial charge on any atom is 0.197 e. The third kappa shape index (κ3) is 2.69. The Balaban J connectivity index is 1.78. The van der Waals surface area contributed by atoms with Gasteiger partial charge in [-0.1, -0.05) is 35.6 Å². The largest absolute Gasteiger partial charge is 0.497 e. The Bertz CT molecular complexity index is 1250. The van der Waals surface area contributed by atoms with Gasteiger partial charge in [0, 0.05) is 5.69 Å². The summed E-state index contributed by atoms with van der Waals surface area (Å²) in [4.78, 5) is 7.09. The number of nitrogens with one attached hydrogen (secondary N) is 1. The Labute approximate surface area is 164 Å². The number of fused-ring (bicyclic) bond motifs is 3. The molecule has 0 radical (unpaired) electrons. The number of methoxy groups -OCH3 is 1. The summed E-state index contributed by atoms with van der Waals surface area (Å²) in [5.41, 5.74) is 4.40. The Morgan fingerprint density at radius 1 is 1.07 bits per heavy atom. The molecule has 0 bridgehead atoms. The molecule has 0 amide bonds. The van der Waals surface area contributed by atoms with Crippen LogP contribution in [0.2, 0.25) is 0 Å². The van der Waals surface area contributed by atoms with Crippen LogP contribution in [0.15, 0.2) is 60.0 Å². The normalized spacial score (nSPS) is 11.3. The van der Waals surface area contributed by atoms with Crippen LogP contribution in [0.3, 0.4) is 0 Å². The molecule has 0 aliphatic heterocycles. The maximum absolute atomic E-state index is 5.38. The van der Waals surface area contributed by atoms with Crippen LogP contribution >= 0.6 is 22.7 Å². The maximum atomic E-state index is 5.38. The van der Waals surface area contributed by atoms with E-state index < -0.39 is 0 Å². The zero-order valence-corrected chi connectivity index (χ0v) is 16.5. The minimum Gasteiger partial charge on any atom is -0.497 e. The topological polar surface area (TPSA) is 38.6 Å². The molecule has 0 saturated heterocycles. The van der Waals surface area contributed by atoms with E-state index in [0.717, 1.165) is 43.0 Å². The molecule has 0 aliphatic carbocycles. The minimum atomic E-state index is 0.860. The number of nitrogens with zero attached hydrogens (tertiary/aromatic N) is 2. The first kappa shape index (κ1) is 16.4. The standard InChI is InChI=1S/C21H17N3OS2/c1-13-6-3-4-7-15(13)22-20-19(17-8-5-11-26-17)23-21-24(20)16-10-9-14(25-2)12-18(16)27-21/h3-12,22H,1-2H3. The van der Waals surface area contributed by atoms with E-state index in [4.69, 9.17) is 9.72 Å². The molecule has 2 aromatic carbocycles. The Kier molecular flexibility index (Phi) is 3.88. The van der Waals surface area contributed by atoms with Gasteiger partial charge in [0.1, 0.15) is 17.3 Å². The molecule has 0 aliphatic rings. The van der Waals surface area contributed by atoms with E-state index >= 15 is 0 Å². The van der Waals surface area contributed by atoms with E-state index in [2.05, 4.69) is 70.6 Å². The Hall–Kier alpha value is -2.83. The molecule has 0 unspecified atom stereocenters. The van der Waals surface area contributed by atoms with E-state index in [-0.39, 0.29) is 0 Å². The van der Waals surface area contributed by atoms with Crippen molar-refractivity contribution in [2.75, 3.05) is 12.4 Å². The summed E-state index contributed by atoms with van der Waals surface area (Å²) in [7, 11) is 1.69. The lowest BCUT2D eigenvalue weighted by atomic mass is 10.2. The van der Waals surface area contributed by atoms with Gasteiger partial charge in [0.2, 0.25) is 0 Å². The molecule has 5 aromatic rings. The number of aromatic nitrogens is 2. The summed E-state index contributed by atoms with van der Waals surface area (Å²) in [5, 5.41) is 5.73. The second-order valence-electron chi connectivity index (χ2n) is 6.28. The van der Waals surface area contributed by atoms with Crippen LogP contribution in [0.25, 0.3) is 25.7 Å². The SMILES string of the molecule is COc1ccc2c(c1)sc1nc(-c3cccs3)c(Nc3ccccc3C)n12. The van der Waals surface area contributed by atoms with Crippen LogP contribution in [0.1, 0.15) is 5.56 Å². The van der Waals surface area contributed by atoms with Gasteiger partial charge in [0.05, 0.1) is 22.2 Å². The van der Waals surface area contributed by atoms with Gasteiger partial charge in [-0.05, 0) is 48.2 Å². The quantitative estimate of drug-likeness (QED) is 0.388. The molecule has 5 rings (SSSR count). The van der Waals surface area contributed by atoms with Gasteiger partial charge in [0.15, 0.2) is 4.96 Å². The third-order valence-electron chi connectivity index (χ3n) is 4.61. The predicted octanol–water partition coefficient (Wildman–Crippen LogP) is 6.34. The fourth-order valence-electron chi connectivity index (χ4n) is 3.22. The Morgan fingerprint density at radius 2 is 1.96 bits per heavy atom. The van der Waals surface area contributed by atoms with Gasteiger partial charge in [-0.3, -0.25) is 4.40 Å². The average Bonchev–Trinajstić information content (AvgIpc) is 3.39. The van der Waals surface area contributed by atoms with Crippen LogP contribution in [0.4, 0.5) is 11.5 Å². The molecule has 134 valence electrons. The fourth-order valence-corrected chi connectivity index (χ4v) is 4.99. The van der Waals surface area contributed by atoms with Gasteiger partial charge in [-0.25, -0.2) is 4.98 Å². The van der Waals surface area contributed by atoms with Crippen LogP contribution < -0.4 is 10.1 Å². The summed E-state index contributed by atoms with van der Waals surface area (Å²) in [6.45, 7) is 2.11. The highest BCUT2D eigenvalue weighted by Crippen LogP contribution is 2.40. The summed E-state index contributed by atoms with van der Waals surface area (Å²) >= 11 is 3.38. The number of thiazole rings is 1. The molecule has 0 fully saturated rings. The summed E-state index contributed by atoms with van der Waals surface area (Å²) in [5.74, 6) is 1.86. The highest BCUT2D eigenvalue weighted by atomic mass is 32.1. The molecule has 1 N–H and O–H groups in total. The first-order valence-corrected chi connectivity index (χ1v) is 10.3. The van der Waals surface area contributed by atoms with Crippen LogP contribution in [0.5, 0.6) is 5.75 Å².